The van der Waals surface area contributed by atoms with Crippen molar-refractivity contribution >= 4 is 30.6 Å². The summed E-state index contributed by atoms with van der Waals surface area (Å²) in [7, 11) is -3.70. The van der Waals surface area contributed by atoms with Gasteiger partial charge >= 0.3 is 7.67 Å². The maximum atomic E-state index is 13.8. The molecule has 0 unspecified atom stereocenters. The van der Waals surface area contributed by atoms with Crippen LogP contribution in [0.3, 0.4) is 0 Å². The average Bonchev–Trinajstić information content (AvgIpc) is 3.44. The second-order valence-electron chi connectivity index (χ2n) is 9.23. The number of hydrogen-bond acceptors (Lipinski definition) is 12. The molecule has 4 aromatic rings. The molecule has 5 rings (SSSR count). The van der Waals surface area contributed by atoms with Crippen LogP contribution in [0.25, 0.3) is 11.2 Å². The normalized spacial score (nSPS) is 23.4. The summed E-state index contributed by atoms with van der Waals surface area (Å²) in [5.74, 6) is -0.0187. The highest BCUT2D eigenvalue weighted by atomic mass is 31.2. The standard InChI is InChI=1S/C23H29N10O5P/c1-23(35)18(34)16(38-21(23)33-13-28-17-19(24)31-22(25)32-20(17)33)12-37-39(36,29-10-14-4-2-6-26-8-14)30-11-15-5-3-7-27-9-15/h2-9,13,16,18,21,34-35H,10-12H2,1H3,(H2,29,30,36)(H4,24,25,31,32)/t16-,18+,21-,23+/m1/s1. The molecule has 4 aromatic heterocycles. The first-order valence-electron chi connectivity index (χ1n) is 12.0. The number of nitrogen functional groups attached to an aromatic ring is 2. The number of aliphatic hydroxyl groups excluding tert-OH is 1. The van der Waals surface area contributed by atoms with Crippen LogP contribution in [0.4, 0.5) is 11.8 Å². The van der Waals surface area contributed by atoms with E-state index in [4.69, 9.17) is 20.7 Å². The van der Waals surface area contributed by atoms with Crippen LogP contribution >= 0.6 is 7.67 Å². The van der Waals surface area contributed by atoms with E-state index < -0.39 is 31.7 Å². The molecule has 1 aliphatic rings. The predicted molar refractivity (Wildman–Crippen MR) is 140 cm³/mol. The summed E-state index contributed by atoms with van der Waals surface area (Å²) in [5, 5.41) is 28.0. The molecule has 206 valence electrons. The number of nitrogens with one attached hydrogen (secondary N) is 2. The molecular formula is C23H29N10O5P. The number of nitrogens with two attached hydrogens (primary N) is 2. The number of anilines is 2. The zero-order valence-electron chi connectivity index (χ0n) is 21.0. The van der Waals surface area contributed by atoms with Gasteiger partial charge in [-0.15, -0.1) is 0 Å². The number of rotatable bonds is 10. The SMILES string of the molecule is C[C@]1(O)[C@@H](O)[C@@H](COP(=O)(NCc2cccnc2)NCc2cccnc2)O[C@H]1n1cnc2c(N)nc(N)nc21. The summed E-state index contributed by atoms with van der Waals surface area (Å²) in [6, 6.07) is 7.19. The predicted octanol–water partition coefficient (Wildman–Crippen LogP) is 0.494. The van der Waals surface area contributed by atoms with Crippen molar-refractivity contribution in [3.8, 4) is 0 Å². The van der Waals surface area contributed by atoms with E-state index >= 15 is 0 Å². The maximum Gasteiger partial charge on any atom is 0.341 e. The third-order valence-corrected chi connectivity index (χ3v) is 7.98. The molecule has 0 spiro atoms. The van der Waals surface area contributed by atoms with Crippen molar-refractivity contribution in [1.82, 2.24) is 39.7 Å². The third-order valence-electron chi connectivity index (χ3n) is 6.32. The number of aliphatic hydroxyl groups is 2. The summed E-state index contributed by atoms with van der Waals surface area (Å²) in [6.07, 6.45) is 4.31. The molecule has 0 amide bonds. The molecule has 4 atom stereocenters. The first-order chi connectivity index (χ1) is 18.7. The molecule has 5 heterocycles. The van der Waals surface area contributed by atoms with Crippen LogP contribution in [0.15, 0.2) is 55.4 Å². The highest BCUT2D eigenvalue weighted by molar-refractivity contribution is 7.54. The largest absolute Gasteiger partial charge is 0.387 e. The minimum absolute atomic E-state index is 0.0645. The van der Waals surface area contributed by atoms with Crippen molar-refractivity contribution in [2.24, 2.45) is 0 Å². The Labute approximate surface area is 223 Å². The molecule has 0 saturated carbocycles. The van der Waals surface area contributed by atoms with E-state index in [0.29, 0.717) is 0 Å². The zero-order valence-corrected chi connectivity index (χ0v) is 21.8. The summed E-state index contributed by atoms with van der Waals surface area (Å²) in [5.41, 5.74) is 11.9. The molecule has 8 N–H and O–H groups in total. The average molecular weight is 557 g/mol. The Morgan fingerprint density at radius 3 is 2.36 bits per heavy atom. The second kappa shape index (κ2) is 10.9. The van der Waals surface area contributed by atoms with Crippen LogP contribution in [-0.4, -0.2) is 64.1 Å². The number of nitrogens with zero attached hydrogens (tertiary/aromatic N) is 6. The molecule has 0 radical (unpaired) electrons. The molecule has 0 aliphatic carbocycles. The van der Waals surface area contributed by atoms with Gasteiger partial charge in [0.2, 0.25) is 5.95 Å². The number of imidazole rings is 1. The van der Waals surface area contributed by atoms with Crippen LogP contribution in [0.5, 0.6) is 0 Å². The maximum absolute atomic E-state index is 13.8. The van der Waals surface area contributed by atoms with Gasteiger partial charge in [-0.05, 0) is 30.2 Å². The number of pyridine rings is 2. The van der Waals surface area contributed by atoms with Crippen molar-refractivity contribution in [3.63, 3.8) is 0 Å². The number of aromatic nitrogens is 6. The first kappa shape index (κ1) is 27.0. The minimum atomic E-state index is -3.70. The quantitative estimate of drug-likeness (QED) is 0.146. The van der Waals surface area contributed by atoms with Crippen molar-refractivity contribution in [2.75, 3.05) is 18.1 Å². The fraction of sp³-hybridized carbons (Fsp3) is 0.348. The summed E-state index contributed by atoms with van der Waals surface area (Å²) in [6.45, 7) is 1.48. The van der Waals surface area contributed by atoms with E-state index in [1.54, 1.807) is 36.9 Å². The molecule has 1 aliphatic heterocycles. The molecule has 39 heavy (non-hydrogen) atoms. The van der Waals surface area contributed by atoms with E-state index in [0.717, 1.165) is 11.1 Å². The molecule has 0 bridgehead atoms. The fourth-order valence-electron chi connectivity index (χ4n) is 4.23. The highest BCUT2D eigenvalue weighted by Gasteiger charge is 2.54. The Morgan fingerprint density at radius 2 is 1.77 bits per heavy atom. The lowest BCUT2D eigenvalue weighted by atomic mass is 9.96. The van der Waals surface area contributed by atoms with E-state index in [1.165, 1.54) is 17.8 Å². The first-order valence-corrected chi connectivity index (χ1v) is 13.6. The van der Waals surface area contributed by atoms with Crippen molar-refractivity contribution in [3.05, 3.63) is 66.5 Å². The summed E-state index contributed by atoms with van der Waals surface area (Å²) < 4.78 is 27.0. The van der Waals surface area contributed by atoms with Gasteiger partial charge in [0.25, 0.3) is 0 Å². The molecule has 0 aromatic carbocycles. The van der Waals surface area contributed by atoms with Crippen LogP contribution in [0.1, 0.15) is 24.3 Å². The Bertz CT molecular complexity index is 1420. The zero-order chi connectivity index (χ0) is 27.6. The van der Waals surface area contributed by atoms with E-state index in [9.17, 15) is 14.8 Å². The lowest BCUT2D eigenvalue weighted by Gasteiger charge is -2.27. The number of hydrogen-bond donors (Lipinski definition) is 6. The van der Waals surface area contributed by atoms with Crippen molar-refractivity contribution < 1.29 is 24.0 Å². The van der Waals surface area contributed by atoms with Gasteiger partial charge in [0.1, 0.15) is 23.3 Å². The van der Waals surface area contributed by atoms with E-state index in [1.807, 2.05) is 12.1 Å². The minimum Gasteiger partial charge on any atom is -0.387 e. The van der Waals surface area contributed by atoms with Crippen molar-refractivity contribution in [1.29, 1.82) is 0 Å². The lowest BCUT2D eigenvalue weighted by molar-refractivity contribution is -0.0947. The highest BCUT2D eigenvalue weighted by Crippen LogP contribution is 2.43. The Morgan fingerprint density at radius 1 is 1.13 bits per heavy atom. The van der Waals surface area contributed by atoms with Gasteiger partial charge in [0.15, 0.2) is 17.7 Å². The van der Waals surface area contributed by atoms with Crippen LogP contribution in [0.2, 0.25) is 0 Å². The molecule has 16 heteroatoms. The van der Waals surface area contributed by atoms with Crippen LogP contribution in [-0.2, 0) is 26.9 Å². The molecule has 15 nitrogen and oxygen atoms in total. The van der Waals surface area contributed by atoms with Gasteiger partial charge in [-0.3, -0.25) is 19.1 Å². The lowest BCUT2D eigenvalue weighted by Crippen LogP contribution is -2.44. The fourth-order valence-corrected chi connectivity index (χ4v) is 5.66. The Kier molecular flexibility index (Phi) is 7.55. The van der Waals surface area contributed by atoms with Gasteiger partial charge < -0.3 is 30.9 Å². The van der Waals surface area contributed by atoms with Gasteiger partial charge in [-0.2, -0.15) is 9.97 Å². The van der Waals surface area contributed by atoms with E-state index in [2.05, 4.69) is 35.1 Å². The number of ether oxygens (including phenoxy) is 1. The Balaban J connectivity index is 1.33. The third kappa shape index (κ3) is 5.74. The van der Waals surface area contributed by atoms with Crippen LogP contribution in [0, 0.1) is 0 Å². The number of fused-ring (bicyclic) bond motifs is 1. The summed E-state index contributed by atoms with van der Waals surface area (Å²) in [4.78, 5) is 20.4. The van der Waals surface area contributed by atoms with Gasteiger partial charge in [0.05, 0.1) is 12.9 Å². The Hall–Kier alpha value is -3.56. The van der Waals surface area contributed by atoms with E-state index in [-0.39, 0.29) is 42.6 Å². The molecular weight excluding hydrogens is 527 g/mol. The topological polar surface area (TPSA) is 221 Å². The molecule has 1 saturated heterocycles. The van der Waals surface area contributed by atoms with Gasteiger partial charge in [-0.1, -0.05) is 12.1 Å². The van der Waals surface area contributed by atoms with Crippen molar-refractivity contribution in [2.45, 2.75) is 44.1 Å². The van der Waals surface area contributed by atoms with Crippen LogP contribution < -0.4 is 21.6 Å². The monoisotopic (exact) mass is 556 g/mol. The summed E-state index contributed by atoms with van der Waals surface area (Å²) >= 11 is 0. The molecule has 1 fully saturated rings. The van der Waals surface area contributed by atoms with Gasteiger partial charge in [-0.25, -0.2) is 15.2 Å². The smallest absolute Gasteiger partial charge is 0.341 e. The van der Waals surface area contributed by atoms with Gasteiger partial charge in [0, 0.05) is 37.9 Å². The second-order valence-corrected chi connectivity index (χ2v) is 11.2.